The van der Waals surface area contributed by atoms with Crippen LogP contribution in [0.15, 0.2) is 36.4 Å². The van der Waals surface area contributed by atoms with E-state index in [1.807, 2.05) is 0 Å². The smallest absolute Gasteiger partial charge is 0.267 e. The van der Waals surface area contributed by atoms with Crippen LogP contribution in [-0.4, -0.2) is 13.0 Å². The van der Waals surface area contributed by atoms with E-state index in [1.54, 1.807) is 43.5 Å². The van der Waals surface area contributed by atoms with E-state index >= 15 is 0 Å². The minimum atomic E-state index is -0.316. The van der Waals surface area contributed by atoms with Crippen LogP contribution in [0.3, 0.4) is 0 Å². The van der Waals surface area contributed by atoms with E-state index in [9.17, 15) is 4.79 Å². The summed E-state index contributed by atoms with van der Waals surface area (Å²) in [6, 6.07) is 10.4. The van der Waals surface area contributed by atoms with Crippen molar-refractivity contribution in [2.75, 3.05) is 18.2 Å². The van der Waals surface area contributed by atoms with Crippen molar-refractivity contribution in [1.29, 1.82) is 0 Å². The number of halogens is 2. The summed E-state index contributed by atoms with van der Waals surface area (Å²) in [6.45, 7) is 0. The van der Waals surface area contributed by atoms with Gasteiger partial charge in [0.1, 0.15) is 10.6 Å². The monoisotopic (exact) mass is 366 g/mol. The van der Waals surface area contributed by atoms with Crippen molar-refractivity contribution in [2.24, 2.45) is 0 Å². The standard InChI is InChI=1S/C16H12Cl2N2O2S/c1-22-9-3-5-12(11(19)7-9)20-16(21)15-14(18)10-4-2-8(17)6-13(10)23-15/h2-7H,19H2,1H3,(H,20,21). The van der Waals surface area contributed by atoms with Crippen LogP contribution < -0.4 is 15.8 Å². The van der Waals surface area contributed by atoms with Gasteiger partial charge in [0, 0.05) is 21.2 Å². The molecular formula is C16H12Cl2N2O2S. The van der Waals surface area contributed by atoms with Crippen LogP contribution in [0.25, 0.3) is 10.1 Å². The maximum Gasteiger partial charge on any atom is 0.267 e. The van der Waals surface area contributed by atoms with Gasteiger partial charge in [0.2, 0.25) is 0 Å². The van der Waals surface area contributed by atoms with Gasteiger partial charge < -0.3 is 15.8 Å². The number of hydrogen-bond acceptors (Lipinski definition) is 4. The van der Waals surface area contributed by atoms with Crippen LogP contribution in [0.2, 0.25) is 10.0 Å². The number of anilines is 2. The largest absolute Gasteiger partial charge is 0.497 e. The lowest BCUT2D eigenvalue weighted by Crippen LogP contribution is -2.12. The lowest BCUT2D eigenvalue weighted by atomic mass is 10.2. The Labute approximate surface area is 146 Å². The number of amides is 1. The van der Waals surface area contributed by atoms with Gasteiger partial charge in [-0.2, -0.15) is 0 Å². The molecule has 118 valence electrons. The molecule has 0 aliphatic carbocycles. The molecule has 3 N–H and O–H groups in total. The molecule has 1 aromatic heterocycles. The molecule has 0 atom stereocenters. The fraction of sp³-hybridized carbons (Fsp3) is 0.0625. The maximum absolute atomic E-state index is 12.5. The van der Waals surface area contributed by atoms with Gasteiger partial charge in [-0.25, -0.2) is 0 Å². The van der Waals surface area contributed by atoms with Crippen molar-refractivity contribution in [2.45, 2.75) is 0 Å². The summed E-state index contributed by atoms with van der Waals surface area (Å²) in [7, 11) is 1.55. The fourth-order valence-corrected chi connectivity index (χ4v) is 3.83. The van der Waals surface area contributed by atoms with Gasteiger partial charge in [-0.3, -0.25) is 4.79 Å². The molecule has 0 saturated heterocycles. The number of carbonyl (C=O) groups excluding carboxylic acids is 1. The predicted molar refractivity (Wildman–Crippen MR) is 97.2 cm³/mol. The van der Waals surface area contributed by atoms with Gasteiger partial charge in [0.25, 0.3) is 5.91 Å². The van der Waals surface area contributed by atoms with Crippen LogP contribution in [0.1, 0.15) is 9.67 Å². The highest BCUT2D eigenvalue weighted by Gasteiger charge is 2.18. The molecule has 1 heterocycles. The highest BCUT2D eigenvalue weighted by atomic mass is 35.5. The van der Waals surface area contributed by atoms with Crippen LogP contribution >= 0.6 is 34.5 Å². The Bertz CT molecular complexity index is 908. The third-order valence-electron chi connectivity index (χ3n) is 3.30. The first-order valence-corrected chi connectivity index (χ1v) is 8.19. The number of nitrogens with one attached hydrogen (secondary N) is 1. The number of carbonyl (C=O) groups is 1. The molecule has 0 fully saturated rings. The Kier molecular flexibility index (Phi) is 4.35. The number of fused-ring (bicyclic) bond motifs is 1. The van der Waals surface area contributed by atoms with Crippen molar-refractivity contribution >= 4 is 61.9 Å². The number of ether oxygens (including phenoxy) is 1. The molecular weight excluding hydrogens is 355 g/mol. The fourth-order valence-electron chi connectivity index (χ4n) is 2.15. The third-order valence-corrected chi connectivity index (χ3v) is 5.20. The molecule has 0 aliphatic heterocycles. The van der Waals surface area contributed by atoms with Gasteiger partial charge in [-0.1, -0.05) is 29.3 Å². The van der Waals surface area contributed by atoms with E-state index in [2.05, 4.69) is 5.32 Å². The lowest BCUT2D eigenvalue weighted by molar-refractivity contribution is 0.103. The zero-order valence-corrected chi connectivity index (χ0v) is 14.4. The Balaban J connectivity index is 1.93. The molecule has 2 aromatic carbocycles. The second-order valence-electron chi connectivity index (χ2n) is 4.79. The van der Waals surface area contributed by atoms with Crippen molar-refractivity contribution in [3.05, 3.63) is 51.3 Å². The van der Waals surface area contributed by atoms with Crippen LogP contribution in [0.4, 0.5) is 11.4 Å². The normalized spacial score (nSPS) is 10.7. The highest BCUT2D eigenvalue weighted by Crippen LogP contribution is 2.37. The summed E-state index contributed by atoms with van der Waals surface area (Å²) >= 11 is 13.6. The summed E-state index contributed by atoms with van der Waals surface area (Å²) in [5.41, 5.74) is 6.83. The van der Waals surface area contributed by atoms with Crippen molar-refractivity contribution < 1.29 is 9.53 Å². The quantitative estimate of drug-likeness (QED) is 0.637. The van der Waals surface area contributed by atoms with Crippen LogP contribution in [-0.2, 0) is 0 Å². The molecule has 3 aromatic rings. The van der Waals surface area contributed by atoms with Crippen molar-refractivity contribution in [3.8, 4) is 5.75 Å². The Morgan fingerprint density at radius 1 is 1.22 bits per heavy atom. The average Bonchev–Trinajstić information content (AvgIpc) is 2.85. The summed E-state index contributed by atoms with van der Waals surface area (Å²) in [5, 5.41) is 4.58. The summed E-state index contributed by atoms with van der Waals surface area (Å²) in [4.78, 5) is 12.9. The molecule has 4 nitrogen and oxygen atoms in total. The summed E-state index contributed by atoms with van der Waals surface area (Å²) < 4.78 is 5.94. The number of thiophene rings is 1. The Morgan fingerprint density at radius 3 is 2.70 bits per heavy atom. The van der Waals surface area contributed by atoms with Gasteiger partial charge in [0.05, 0.1) is 23.5 Å². The second kappa shape index (κ2) is 6.28. The number of hydrogen-bond donors (Lipinski definition) is 2. The number of rotatable bonds is 3. The molecule has 23 heavy (non-hydrogen) atoms. The van der Waals surface area contributed by atoms with E-state index in [1.165, 1.54) is 11.3 Å². The predicted octanol–water partition coefficient (Wildman–Crippen LogP) is 5.05. The molecule has 3 rings (SSSR count). The van der Waals surface area contributed by atoms with E-state index < -0.39 is 0 Å². The average molecular weight is 367 g/mol. The van der Waals surface area contributed by atoms with E-state index in [0.29, 0.717) is 32.0 Å². The highest BCUT2D eigenvalue weighted by molar-refractivity contribution is 7.21. The van der Waals surface area contributed by atoms with E-state index in [0.717, 1.165) is 10.1 Å². The van der Waals surface area contributed by atoms with E-state index in [-0.39, 0.29) is 5.91 Å². The number of methoxy groups -OCH3 is 1. The molecule has 7 heteroatoms. The molecule has 0 unspecified atom stereocenters. The molecule has 0 saturated carbocycles. The molecule has 1 amide bonds. The minimum Gasteiger partial charge on any atom is -0.497 e. The van der Waals surface area contributed by atoms with Gasteiger partial charge in [0.15, 0.2) is 0 Å². The molecule has 0 bridgehead atoms. The number of benzene rings is 2. The van der Waals surface area contributed by atoms with Crippen molar-refractivity contribution in [3.63, 3.8) is 0 Å². The van der Waals surface area contributed by atoms with Crippen LogP contribution in [0, 0.1) is 0 Å². The number of nitrogens with two attached hydrogens (primary N) is 1. The SMILES string of the molecule is COc1ccc(NC(=O)c2sc3cc(Cl)ccc3c2Cl)c(N)c1. The minimum absolute atomic E-state index is 0.316. The Morgan fingerprint density at radius 2 is 2.00 bits per heavy atom. The topological polar surface area (TPSA) is 64.3 Å². The first-order valence-electron chi connectivity index (χ1n) is 6.62. The third kappa shape index (κ3) is 3.08. The first kappa shape index (κ1) is 15.9. The maximum atomic E-state index is 12.5. The molecule has 0 spiro atoms. The number of nitrogen functional groups attached to an aromatic ring is 1. The molecule has 0 radical (unpaired) electrons. The van der Waals surface area contributed by atoms with Gasteiger partial charge in [-0.15, -0.1) is 11.3 Å². The summed E-state index contributed by atoms with van der Waals surface area (Å²) in [6.07, 6.45) is 0. The summed E-state index contributed by atoms with van der Waals surface area (Å²) in [5.74, 6) is 0.305. The van der Waals surface area contributed by atoms with Crippen LogP contribution in [0.5, 0.6) is 5.75 Å². The zero-order valence-electron chi connectivity index (χ0n) is 12.0. The van der Waals surface area contributed by atoms with E-state index in [4.69, 9.17) is 33.7 Å². The second-order valence-corrected chi connectivity index (χ2v) is 6.66. The van der Waals surface area contributed by atoms with Crippen molar-refractivity contribution in [1.82, 2.24) is 0 Å². The van der Waals surface area contributed by atoms with Gasteiger partial charge in [-0.05, 0) is 24.3 Å². The first-order chi connectivity index (χ1) is 11.0. The zero-order chi connectivity index (χ0) is 16.6. The molecule has 0 aliphatic rings. The van der Waals surface area contributed by atoms with Gasteiger partial charge >= 0.3 is 0 Å². The Hall–Kier alpha value is -1.95. The lowest BCUT2D eigenvalue weighted by Gasteiger charge is -2.09.